The maximum absolute atomic E-state index is 13.2. The number of carbonyl (C=O) groups excluding carboxylic acids is 1. The molecular weight excluding hydrogens is 370 g/mol. The second kappa shape index (κ2) is 6.81. The Morgan fingerprint density at radius 2 is 2.21 bits per heavy atom. The Balaban J connectivity index is 1.57. The van der Waals surface area contributed by atoms with Crippen LogP contribution in [0.25, 0.3) is 0 Å². The molecule has 0 unspecified atom stereocenters. The van der Waals surface area contributed by atoms with E-state index < -0.39 is 11.0 Å². The Morgan fingerprint density at radius 1 is 1.45 bits per heavy atom. The summed E-state index contributed by atoms with van der Waals surface area (Å²) in [5.41, 5.74) is -0.771. The lowest BCUT2D eigenvalue weighted by Gasteiger charge is -2.22. The summed E-state index contributed by atoms with van der Waals surface area (Å²) in [4.78, 5) is 23.5. The third kappa shape index (κ3) is 3.23. The molecule has 1 saturated heterocycles. The van der Waals surface area contributed by atoms with E-state index in [2.05, 4.69) is 26.5 Å². The number of nitrogens with one attached hydrogen (secondary N) is 1. The van der Waals surface area contributed by atoms with E-state index in [1.807, 2.05) is 20.8 Å². The highest BCUT2D eigenvalue weighted by atomic mass is 16.3. The van der Waals surface area contributed by atoms with E-state index >= 15 is 0 Å². The molecule has 29 heavy (non-hydrogen) atoms. The molecule has 2 aliphatic rings. The smallest absolute Gasteiger partial charge is 0.249 e. The largest absolute Gasteiger partial charge is 0.394 e. The number of amides is 1. The quantitative estimate of drug-likeness (QED) is 0.769. The number of carbonyl (C=O) groups is 1. The molecule has 2 fully saturated rings. The van der Waals surface area contributed by atoms with Gasteiger partial charge in [-0.3, -0.25) is 14.4 Å². The third-order valence-electron chi connectivity index (χ3n) is 5.87. The Hall–Kier alpha value is -2.99. The number of hydrogen-bond donors (Lipinski definition) is 2. The van der Waals surface area contributed by atoms with Crippen LogP contribution in [0.4, 0.5) is 17.5 Å². The number of anilines is 3. The highest BCUT2D eigenvalue weighted by Crippen LogP contribution is 2.53. The molecule has 2 aromatic rings. The molecule has 0 aromatic carbocycles. The minimum atomic E-state index is -0.922. The summed E-state index contributed by atoms with van der Waals surface area (Å²) in [5, 5.41) is 26.6. The average molecular weight is 395 g/mol. The highest BCUT2D eigenvalue weighted by Gasteiger charge is 2.59. The second-order valence-electron chi connectivity index (χ2n) is 8.59. The van der Waals surface area contributed by atoms with Crippen LogP contribution in [-0.2, 0) is 10.3 Å². The van der Waals surface area contributed by atoms with E-state index in [-0.39, 0.29) is 24.5 Å². The first-order valence-corrected chi connectivity index (χ1v) is 9.82. The van der Waals surface area contributed by atoms with Crippen molar-refractivity contribution in [1.29, 1.82) is 5.26 Å². The van der Waals surface area contributed by atoms with Crippen LogP contribution in [0.1, 0.15) is 40.0 Å². The standard InChI is InChI=1S/C20H25N7O2/c1-13-8-20(11-21,14-4-5-14)17(29)27(13)16-6-7-22-18(25-16)24-15-9-23-26(10-15)19(2,3)12-28/h6-7,9-10,13-14,28H,4-5,8,12H2,1-3H3,(H,22,24,25)/t13-,20+/m0/s1. The molecule has 2 N–H and O–H groups in total. The van der Waals surface area contributed by atoms with E-state index in [1.54, 1.807) is 34.2 Å². The number of rotatable bonds is 6. The SMILES string of the molecule is C[C@H]1C[C@@](C#N)(C2CC2)C(=O)N1c1ccnc(Nc2cnn(C(C)(C)CO)c2)n1. The first-order valence-electron chi connectivity index (χ1n) is 9.82. The minimum Gasteiger partial charge on any atom is -0.394 e. The Morgan fingerprint density at radius 3 is 2.86 bits per heavy atom. The van der Waals surface area contributed by atoms with Crippen molar-refractivity contribution in [1.82, 2.24) is 19.7 Å². The zero-order valence-corrected chi connectivity index (χ0v) is 16.8. The van der Waals surface area contributed by atoms with Gasteiger partial charge in [-0.25, -0.2) is 4.98 Å². The van der Waals surface area contributed by atoms with Gasteiger partial charge in [-0.2, -0.15) is 15.3 Å². The second-order valence-corrected chi connectivity index (χ2v) is 8.59. The molecule has 9 heteroatoms. The Labute approximate surface area is 169 Å². The molecule has 2 atom stereocenters. The maximum Gasteiger partial charge on any atom is 0.249 e. The number of hydrogen-bond acceptors (Lipinski definition) is 7. The van der Waals surface area contributed by atoms with Crippen molar-refractivity contribution in [3.8, 4) is 6.07 Å². The van der Waals surface area contributed by atoms with Gasteiger partial charge in [0.25, 0.3) is 0 Å². The lowest BCUT2D eigenvalue weighted by Crippen LogP contribution is -2.37. The number of aliphatic hydroxyl groups is 1. The van der Waals surface area contributed by atoms with Gasteiger partial charge < -0.3 is 10.4 Å². The average Bonchev–Trinajstić information content (AvgIpc) is 3.39. The summed E-state index contributed by atoms with van der Waals surface area (Å²) in [7, 11) is 0. The van der Waals surface area contributed by atoms with Gasteiger partial charge in [0.2, 0.25) is 11.9 Å². The Bertz CT molecular complexity index is 975. The lowest BCUT2D eigenvalue weighted by atomic mass is 9.81. The summed E-state index contributed by atoms with van der Waals surface area (Å²) >= 11 is 0. The van der Waals surface area contributed by atoms with E-state index in [4.69, 9.17) is 0 Å². The fourth-order valence-corrected chi connectivity index (χ4v) is 3.96. The maximum atomic E-state index is 13.2. The summed E-state index contributed by atoms with van der Waals surface area (Å²) in [6, 6.07) is 3.91. The van der Waals surface area contributed by atoms with Crippen LogP contribution >= 0.6 is 0 Å². The molecule has 9 nitrogen and oxygen atoms in total. The predicted molar refractivity (Wildman–Crippen MR) is 106 cm³/mol. The van der Waals surface area contributed by atoms with Gasteiger partial charge in [0.1, 0.15) is 11.2 Å². The lowest BCUT2D eigenvalue weighted by molar-refractivity contribution is -0.123. The molecule has 1 aliphatic carbocycles. The molecule has 0 bridgehead atoms. The first kappa shape index (κ1) is 19.3. The van der Waals surface area contributed by atoms with Crippen LogP contribution in [0, 0.1) is 22.7 Å². The number of aliphatic hydroxyl groups excluding tert-OH is 1. The van der Waals surface area contributed by atoms with Crippen molar-refractivity contribution >= 4 is 23.4 Å². The van der Waals surface area contributed by atoms with Crippen molar-refractivity contribution in [3.63, 3.8) is 0 Å². The molecule has 3 heterocycles. The van der Waals surface area contributed by atoms with Gasteiger partial charge in [0.15, 0.2) is 0 Å². The molecule has 4 rings (SSSR count). The van der Waals surface area contributed by atoms with Crippen LogP contribution in [0.5, 0.6) is 0 Å². The fraction of sp³-hybridized carbons (Fsp3) is 0.550. The summed E-state index contributed by atoms with van der Waals surface area (Å²) in [6.45, 7) is 5.66. The zero-order chi connectivity index (χ0) is 20.8. The molecule has 1 aliphatic heterocycles. The molecule has 0 radical (unpaired) electrons. The normalized spacial score (nSPS) is 24.6. The van der Waals surface area contributed by atoms with Gasteiger partial charge in [-0.15, -0.1) is 0 Å². The van der Waals surface area contributed by atoms with Crippen molar-refractivity contribution in [2.75, 3.05) is 16.8 Å². The van der Waals surface area contributed by atoms with E-state index in [0.29, 0.717) is 23.9 Å². The van der Waals surface area contributed by atoms with Crippen LogP contribution in [-0.4, -0.2) is 43.4 Å². The van der Waals surface area contributed by atoms with Crippen LogP contribution < -0.4 is 10.2 Å². The predicted octanol–water partition coefficient (Wildman–Crippen LogP) is 2.19. The zero-order valence-electron chi connectivity index (χ0n) is 16.8. The molecule has 1 saturated carbocycles. The minimum absolute atomic E-state index is 0.0449. The molecular formula is C20H25N7O2. The van der Waals surface area contributed by atoms with Crippen LogP contribution in [0.15, 0.2) is 24.7 Å². The summed E-state index contributed by atoms with van der Waals surface area (Å²) in [5.74, 6) is 0.829. The van der Waals surface area contributed by atoms with Crippen molar-refractivity contribution in [2.45, 2.75) is 51.6 Å². The highest BCUT2D eigenvalue weighted by molar-refractivity contribution is 6.02. The van der Waals surface area contributed by atoms with Gasteiger partial charge in [0.05, 0.1) is 30.1 Å². The number of nitrogens with zero attached hydrogens (tertiary/aromatic N) is 6. The topological polar surface area (TPSA) is 120 Å². The van der Waals surface area contributed by atoms with Crippen molar-refractivity contribution in [3.05, 3.63) is 24.7 Å². The number of nitriles is 1. The van der Waals surface area contributed by atoms with Crippen molar-refractivity contribution < 1.29 is 9.90 Å². The van der Waals surface area contributed by atoms with Crippen molar-refractivity contribution in [2.24, 2.45) is 11.3 Å². The Kier molecular flexibility index (Phi) is 4.54. The molecule has 152 valence electrons. The van der Waals surface area contributed by atoms with E-state index in [1.165, 1.54) is 0 Å². The third-order valence-corrected chi connectivity index (χ3v) is 5.87. The molecule has 0 spiro atoms. The van der Waals surface area contributed by atoms with Crippen LogP contribution in [0.2, 0.25) is 0 Å². The monoisotopic (exact) mass is 395 g/mol. The van der Waals surface area contributed by atoms with Gasteiger partial charge in [-0.05, 0) is 52.0 Å². The van der Waals surface area contributed by atoms with Gasteiger partial charge in [-0.1, -0.05) is 0 Å². The molecule has 1 amide bonds. The van der Waals surface area contributed by atoms with Gasteiger partial charge >= 0.3 is 0 Å². The van der Waals surface area contributed by atoms with E-state index in [9.17, 15) is 15.2 Å². The fourth-order valence-electron chi connectivity index (χ4n) is 3.96. The summed E-state index contributed by atoms with van der Waals surface area (Å²) < 4.78 is 1.67. The number of aromatic nitrogens is 4. The van der Waals surface area contributed by atoms with Gasteiger partial charge in [0, 0.05) is 18.4 Å². The van der Waals surface area contributed by atoms with E-state index in [0.717, 1.165) is 12.8 Å². The first-order chi connectivity index (χ1) is 13.8. The molecule has 2 aromatic heterocycles. The summed E-state index contributed by atoms with van der Waals surface area (Å²) in [6.07, 6.45) is 7.39. The van der Waals surface area contributed by atoms with Crippen LogP contribution in [0.3, 0.4) is 0 Å².